The molecule has 5 aromatic carbocycles. The van der Waals surface area contributed by atoms with Crippen LogP contribution in [0, 0.1) is 92.9 Å². The van der Waals surface area contributed by atoms with Gasteiger partial charge >= 0.3 is 0 Å². The second-order valence-electron chi connectivity index (χ2n) is 36.5. The molecular weight excluding hydrogens is 1800 g/mol. The Morgan fingerprint density at radius 1 is 0.457 bits per heavy atom. The number of nitrogens with zero attached hydrogens (tertiary/aromatic N) is 15. The van der Waals surface area contributed by atoms with Crippen LogP contribution in [0.25, 0.3) is 55.2 Å². The number of hydrogen-bond donors (Lipinski definition) is 17. The van der Waals surface area contributed by atoms with Gasteiger partial charge in [0.25, 0.3) is 0 Å². The highest BCUT2D eigenvalue weighted by molar-refractivity contribution is 6.30. The van der Waals surface area contributed by atoms with Gasteiger partial charge in [0.2, 0.25) is 11.9 Å². The van der Waals surface area contributed by atoms with Gasteiger partial charge in [0.05, 0.1) is 101 Å². The highest BCUT2D eigenvalue weighted by atomic mass is 35.5. The number of para-hydroxylation sites is 1. The quantitative estimate of drug-likeness (QED) is 0.0400. The van der Waals surface area contributed by atoms with Gasteiger partial charge in [-0.1, -0.05) is 60.1 Å². The smallest absolute Gasteiger partial charge is 0.222 e. The van der Waals surface area contributed by atoms with Gasteiger partial charge in [0.1, 0.15) is 95.4 Å². The van der Waals surface area contributed by atoms with Gasteiger partial charge in [-0.25, -0.2) is 52.4 Å². The van der Waals surface area contributed by atoms with Gasteiger partial charge in [0.15, 0.2) is 23.3 Å². The molecule has 0 unspecified atom stereocenters. The van der Waals surface area contributed by atoms with Crippen LogP contribution in [-0.2, 0) is 25.9 Å². The van der Waals surface area contributed by atoms with E-state index in [2.05, 4.69) is 62.3 Å². The summed E-state index contributed by atoms with van der Waals surface area (Å²) in [6.45, 7) is 11.5. The number of hydrogen-bond acceptors (Lipinski definition) is 28. The lowest BCUT2D eigenvalue weighted by Gasteiger charge is -2.27. The van der Waals surface area contributed by atoms with Crippen molar-refractivity contribution in [3.8, 4) is 11.8 Å². The minimum Gasteiger partial charge on any atom is -0.486 e. The van der Waals surface area contributed by atoms with E-state index in [0.717, 1.165) is 121 Å². The van der Waals surface area contributed by atoms with Crippen molar-refractivity contribution in [1.82, 2.24) is 73.0 Å². The first-order chi connectivity index (χ1) is 66.2. The molecule has 138 heavy (non-hydrogen) atoms. The Morgan fingerprint density at radius 3 is 1.42 bits per heavy atom. The first-order valence-corrected chi connectivity index (χ1v) is 46.0. The highest BCUT2D eigenvalue weighted by Gasteiger charge is 2.51. The van der Waals surface area contributed by atoms with E-state index in [1.165, 1.54) is 30.4 Å². The molecule has 11 heterocycles. The molecule has 0 bridgehead atoms. The lowest BCUT2D eigenvalue weighted by atomic mass is 9.86. The number of fused-ring (bicyclic) bond motifs is 6. The number of aliphatic hydroxyl groups is 13. The van der Waals surface area contributed by atoms with Crippen molar-refractivity contribution in [3.05, 3.63) is 284 Å². The molecule has 5 aliphatic carbocycles. The van der Waals surface area contributed by atoms with Gasteiger partial charge in [0, 0.05) is 106 Å². The zero-order valence-corrected chi connectivity index (χ0v) is 76.5. The summed E-state index contributed by atoms with van der Waals surface area (Å²) in [7, 11) is 0. The molecule has 0 radical (unpaired) electrons. The summed E-state index contributed by atoms with van der Waals surface area (Å²) in [4.78, 5) is 38.3. The largest absolute Gasteiger partial charge is 0.486 e. The standard InChI is InChI=1S/C23H27N3O3.C20H23ClN4O2.2C19H20F2N4O3.C19H18N4O3/c1-13-5-9-25-23-15(13)7-10-26(23)19-11-17(21(28)22(19)29)20(27)16-4-2-3-14-6-8-24-12-18(14)16;1-11-16-4-5-25(20(16)24-10-23-11)17-8-13(18(26)19(17)27)6-12-2-3-15(21)7-14(12)9-22;2*1-8-10-4-5-25(18(10)24-19(22)23-8)14-7-11(16(27)17(14)28)15(26)9-2-3-12(20)13(21)6-9;1-11-13-6-7-23(19(13)22-10-21-11)14-8-16(18(25)17(14)24)26-15-5-3-2-4-12(15)9-20/h2-5,7,9-10,17,19-22,24,27-29H,6,8,11-12H2,1H3;2-5,7,10,13,17-19,26-27H,6,8-9,22H2,1H3;2*2-6,11,14-17,26-28H,7H2,1H3,(H2,22,23,24);2-7,10,14,16-18,24-25H,8H2,1H3/t17-,19-,20-,21-,22+;13-,17+,18+,19-;11-,14-,15+,16-,17+;11-,14-,15-,16-,17+;14-,16+,17+,18-/m10110/s1. The average molecular weight is 1910 g/mol. The summed E-state index contributed by atoms with van der Waals surface area (Å²) in [6.07, 6.45) is 2.91. The Labute approximate surface area is 793 Å². The molecule has 722 valence electrons. The van der Waals surface area contributed by atoms with Crippen LogP contribution in [0.3, 0.4) is 0 Å². The molecule has 5 fully saturated rings. The van der Waals surface area contributed by atoms with Crippen LogP contribution in [0.15, 0.2) is 183 Å². The van der Waals surface area contributed by atoms with E-state index in [1.807, 2.05) is 108 Å². The van der Waals surface area contributed by atoms with Crippen molar-refractivity contribution in [2.75, 3.05) is 18.0 Å². The van der Waals surface area contributed by atoms with Gasteiger partial charge in [-0.3, -0.25) is 0 Å². The van der Waals surface area contributed by atoms with Gasteiger partial charge in [-0.2, -0.15) is 15.2 Å². The van der Waals surface area contributed by atoms with E-state index < -0.39 is 139 Å². The number of aliphatic hydroxyl groups excluding tert-OH is 13. The van der Waals surface area contributed by atoms with Crippen LogP contribution in [0.2, 0.25) is 5.02 Å². The molecule has 15 aromatic rings. The number of benzene rings is 5. The number of anilines is 2. The zero-order valence-electron chi connectivity index (χ0n) is 75.7. The van der Waals surface area contributed by atoms with E-state index in [-0.39, 0.29) is 59.9 Å². The second kappa shape index (κ2) is 40.6. The number of ether oxygens (including phenoxy) is 1. The van der Waals surface area contributed by atoms with Crippen molar-refractivity contribution in [2.45, 2.75) is 208 Å². The Morgan fingerprint density at radius 2 is 0.913 bits per heavy atom. The zero-order chi connectivity index (χ0) is 97.8. The molecule has 38 heteroatoms. The Balaban J connectivity index is 0.000000119. The Bertz CT molecular complexity index is 6840. The highest BCUT2D eigenvalue weighted by Crippen LogP contribution is 2.49. The molecule has 1 aliphatic heterocycles. The molecule has 6 aliphatic rings. The summed E-state index contributed by atoms with van der Waals surface area (Å²) >= 11 is 6.06. The number of nitriles is 1. The summed E-state index contributed by atoms with van der Waals surface area (Å²) in [6, 6.07) is 36.1. The molecule has 23 atom stereocenters. The summed E-state index contributed by atoms with van der Waals surface area (Å²) in [5.74, 6) is -5.68. The molecular formula is C100H108ClF4N19O14. The van der Waals surface area contributed by atoms with Crippen LogP contribution in [0.4, 0.5) is 29.5 Å². The summed E-state index contributed by atoms with van der Waals surface area (Å²) in [5.41, 5.74) is 30.9. The monoisotopic (exact) mass is 1910 g/mol. The third kappa shape index (κ3) is 18.9. The summed E-state index contributed by atoms with van der Waals surface area (Å²) in [5, 5.41) is 156. The maximum atomic E-state index is 13.5. The normalized spacial score (nSPS) is 26.2. The van der Waals surface area contributed by atoms with Crippen LogP contribution in [-0.4, -0.2) is 208 Å². The number of nitrogens with two attached hydrogens (primary N) is 3. The predicted molar refractivity (Wildman–Crippen MR) is 503 cm³/mol. The number of pyridine rings is 1. The average Bonchev–Trinajstić information content (AvgIpc) is 1.61. The van der Waals surface area contributed by atoms with Crippen molar-refractivity contribution in [3.63, 3.8) is 0 Å². The van der Waals surface area contributed by atoms with Crippen LogP contribution in [0.5, 0.6) is 5.75 Å². The fraction of sp³-hybridized carbons (Fsp3) is 0.380. The molecule has 20 N–H and O–H groups in total. The minimum absolute atomic E-state index is 0.0724. The molecule has 0 spiro atoms. The maximum Gasteiger partial charge on any atom is 0.222 e. The first-order valence-electron chi connectivity index (χ1n) is 45.6. The molecule has 0 saturated heterocycles. The lowest BCUT2D eigenvalue weighted by Crippen LogP contribution is -2.34. The second-order valence-corrected chi connectivity index (χ2v) is 37.0. The number of aromatic nitrogens is 14. The molecule has 5 saturated carbocycles. The van der Waals surface area contributed by atoms with E-state index >= 15 is 0 Å². The van der Waals surface area contributed by atoms with Crippen LogP contribution >= 0.6 is 11.6 Å². The number of aryl methyl sites for hydroxylation is 5. The van der Waals surface area contributed by atoms with Crippen molar-refractivity contribution in [1.29, 1.82) is 5.26 Å². The van der Waals surface area contributed by atoms with Gasteiger partial charge in [-0.05, 0) is 215 Å². The van der Waals surface area contributed by atoms with Gasteiger partial charge in [-0.15, -0.1) is 0 Å². The fourth-order valence-corrected chi connectivity index (χ4v) is 21.2. The number of halogens is 5. The fourth-order valence-electron chi connectivity index (χ4n) is 21.0. The Kier molecular flexibility index (Phi) is 28.6. The SMILES string of the molecule is Cc1ccnc2c1ccn2[C@@H]1C[C@H]([C@H](O)c2cccc3c2CNCC3)[C@@H](O)[C@H]1O.Cc1nc(N)nc2c1ccn2[C@@H]1C[C@H]([C@@H](O)c2ccc(F)c(F)c2)[C@@H](O)[C@H]1O.Cc1nc(N)nc2c1ccn2[C@@H]1C[C@H]([C@H](O)c2ccc(F)c(F)c2)[C@@H](O)[C@H]1O.Cc1ncnc2c1ccn2[C@@H]1C[C@H](Cc2ccc(Cl)cc2CN)[C@@H](O)[C@H]1O.Cc1ncnc2c1ccn2[C@H]1C[C@@H](Oc2ccccc2C#N)[C@H](O)[C@@H]1O. The van der Waals surface area contributed by atoms with E-state index in [4.69, 9.17) is 33.5 Å². The first kappa shape index (κ1) is 97.2. The lowest BCUT2D eigenvalue weighted by molar-refractivity contribution is -0.0267. The third-order valence-electron chi connectivity index (χ3n) is 28.5. The number of nitrogen functional groups attached to an aromatic ring is 2. The predicted octanol–water partition coefficient (Wildman–Crippen LogP) is 9.34. The van der Waals surface area contributed by atoms with Crippen LogP contribution in [0.1, 0.15) is 153 Å². The van der Waals surface area contributed by atoms with Gasteiger partial charge < -0.3 is 116 Å². The number of rotatable bonds is 16. The van der Waals surface area contributed by atoms with Crippen molar-refractivity contribution < 1.29 is 88.7 Å². The third-order valence-corrected chi connectivity index (χ3v) is 28.7. The molecule has 21 rings (SSSR count). The molecule has 0 amide bonds. The van der Waals surface area contributed by atoms with Crippen LogP contribution < -0.4 is 27.3 Å². The molecule has 10 aromatic heterocycles. The minimum atomic E-state index is -1.27. The molecule has 33 nitrogen and oxygen atoms in total. The number of nitrogens with one attached hydrogen (secondary N) is 1. The summed E-state index contributed by atoms with van der Waals surface area (Å²) < 4.78 is 68.4. The van der Waals surface area contributed by atoms with E-state index in [0.29, 0.717) is 76.9 Å². The van der Waals surface area contributed by atoms with E-state index in [9.17, 15) is 89.2 Å². The van der Waals surface area contributed by atoms with Crippen molar-refractivity contribution >= 4 is 78.7 Å². The van der Waals surface area contributed by atoms with Crippen molar-refractivity contribution in [2.24, 2.45) is 29.4 Å². The maximum absolute atomic E-state index is 13.5. The van der Waals surface area contributed by atoms with E-state index in [1.54, 1.807) is 78.0 Å². The Hall–Kier alpha value is -12.4. The topological polar surface area (TPSA) is 527 Å².